The number of hydrogen-bond donors (Lipinski definition) is 1. The van der Waals surface area contributed by atoms with Crippen LogP contribution in [0.25, 0.3) is 0 Å². The molecule has 0 aromatic heterocycles. The minimum absolute atomic E-state index is 0.0454. The molecule has 2 rings (SSSR count). The number of anilines is 1. The van der Waals surface area contributed by atoms with Gasteiger partial charge < -0.3 is 5.73 Å². The highest BCUT2D eigenvalue weighted by atomic mass is 32.2. The summed E-state index contributed by atoms with van der Waals surface area (Å²) in [4.78, 5) is -0.681. The van der Waals surface area contributed by atoms with Crippen LogP contribution >= 0.6 is 0 Å². The predicted octanol–water partition coefficient (Wildman–Crippen LogP) is 2.75. The lowest BCUT2D eigenvalue weighted by Crippen LogP contribution is -2.33. The van der Waals surface area contributed by atoms with Crippen molar-refractivity contribution in [3.05, 3.63) is 23.8 Å². The van der Waals surface area contributed by atoms with Gasteiger partial charge in [0.15, 0.2) is 11.6 Å². The van der Waals surface area contributed by atoms with Crippen LogP contribution in [0, 0.1) is 17.0 Å². The molecule has 1 aromatic carbocycles. The first-order valence-electron chi connectivity index (χ1n) is 6.88. The van der Waals surface area contributed by atoms with Gasteiger partial charge in [-0.2, -0.15) is 4.31 Å². The molecule has 0 unspecified atom stereocenters. The number of hydrogen-bond acceptors (Lipinski definition) is 3. The van der Waals surface area contributed by atoms with Crippen LogP contribution in [-0.4, -0.2) is 25.8 Å². The fourth-order valence-electron chi connectivity index (χ4n) is 2.55. The Morgan fingerprint density at radius 1 is 1.19 bits per heavy atom. The van der Waals surface area contributed by atoms with E-state index in [9.17, 15) is 17.2 Å². The average molecular weight is 318 g/mol. The first kappa shape index (κ1) is 16.2. The highest BCUT2D eigenvalue weighted by molar-refractivity contribution is 7.89. The van der Waals surface area contributed by atoms with E-state index in [1.54, 1.807) is 0 Å². The number of nitrogens with two attached hydrogens (primary N) is 1. The Bertz CT molecular complexity index is 645. The van der Waals surface area contributed by atoms with Crippen LogP contribution in [0.5, 0.6) is 0 Å². The van der Waals surface area contributed by atoms with Crippen LogP contribution in [0.15, 0.2) is 17.0 Å². The molecule has 0 amide bonds. The monoisotopic (exact) mass is 318 g/mol. The first-order chi connectivity index (χ1) is 9.63. The van der Waals surface area contributed by atoms with Gasteiger partial charge in [-0.25, -0.2) is 17.2 Å². The second-order valence-corrected chi connectivity index (χ2v) is 8.14. The highest BCUT2D eigenvalue weighted by Crippen LogP contribution is 2.32. The third-order valence-corrected chi connectivity index (χ3v) is 5.83. The maximum atomic E-state index is 13.8. The SMILES string of the molecule is CC1(C)CCCN(S(=O)(=O)c2cc(N)cc(F)c2F)CC1. The van der Waals surface area contributed by atoms with E-state index in [1.165, 1.54) is 4.31 Å². The van der Waals surface area contributed by atoms with E-state index in [1.807, 2.05) is 0 Å². The molecule has 1 fully saturated rings. The second-order valence-electron chi connectivity index (χ2n) is 6.24. The van der Waals surface area contributed by atoms with Gasteiger partial charge in [0.25, 0.3) is 0 Å². The molecule has 0 saturated carbocycles. The predicted molar refractivity (Wildman–Crippen MR) is 77.2 cm³/mol. The van der Waals surface area contributed by atoms with Gasteiger partial charge in [-0.15, -0.1) is 0 Å². The van der Waals surface area contributed by atoms with Gasteiger partial charge in [0.1, 0.15) is 4.90 Å². The Morgan fingerprint density at radius 3 is 2.52 bits per heavy atom. The molecule has 0 radical (unpaired) electrons. The van der Waals surface area contributed by atoms with Crippen molar-refractivity contribution in [3.63, 3.8) is 0 Å². The Morgan fingerprint density at radius 2 is 1.86 bits per heavy atom. The number of nitrogen functional groups attached to an aromatic ring is 1. The van der Waals surface area contributed by atoms with Gasteiger partial charge in [-0.05, 0) is 36.8 Å². The zero-order chi connectivity index (χ0) is 15.8. The third-order valence-electron chi connectivity index (χ3n) is 3.93. The smallest absolute Gasteiger partial charge is 0.246 e. The summed E-state index contributed by atoms with van der Waals surface area (Å²) in [7, 11) is -4.07. The van der Waals surface area contributed by atoms with Crippen molar-refractivity contribution in [1.82, 2.24) is 4.31 Å². The third kappa shape index (κ3) is 3.35. The van der Waals surface area contributed by atoms with Crippen molar-refractivity contribution in [2.75, 3.05) is 18.8 Å². The number of sulfonamides is 1. The van der Waals surface area contributed by atoms with Gasteiger partial charge >= 0.3 is 0 Å². The Balaban J connectivity index is 2.39. The summed E-state index contributed by atoms with van der Waals surface area (Å²) in [6, 6.07) is 1.75. The van der Waals surface area contributed by atoms with E-state index < -0.39 is 26.6 Å². The number of rotatable bonds is 2. The van der Waals surface area contributed by atoms with Crippen LogP contribution in [0.3, 0.4) is 0 Å². The molecule has 1 saturated heterocycles. The van der Waals surface area contributed by atoms with Crippen molar-refractivity contribution in [2.24, 2.45) is 5.41 Å². The standard InChI is InChI=1S/C14H20F2N2O2S/c1-14(2)4-3-6-18(7-5-14)21(19,20)12-9-10(17)8-11(15)13(12)16/h8-9H,3-7,17H2,1-2H3. The van der Waals surface area contributed by atoms with E-state index in [2.05, 4.69) is 13.8 Å². The molecule has 0 bridgehead atoms. The Kier molecular flexibility index (Phi) is 4.26. The van der Waals surface area contributed by atoms with Crippen molar-refractivity contribution < 1.29 is 17.2 Å². The van der Waals surface area contributed by atoms with E-state index >= 15 is 0 Å². The fourth-order valence-corrected chi connectivity index (χ4v) is 4.14. The molecule has 0 atom stereocenters. The summed E-state index contributed by atoms with van der Waals surface area (Å²) >= 11 is 0. The lowest BCUT2D eigenvalue weighted by Gasteiger charge is -2.23. The summed E-state index contributed by atoms with van der Waals surface area (Å²) in [6.07, 6.45) is 2.27. The minimum atomic E-state index is -4.07. The molecule has 1 heterocycles. The Labute approximate surface area is 124 Å². The van der Waals surface area contributed by atoms with E-state index in [-0.39, 0.29) is 11.1 Å². The van der Waals surface area contributed by atoms with E-state index in [0.717, 1.165) is 18.6 Å². The van der Waals surface area contributed by atoms with Crippen molar-refractivity contribution in [3.8, 4) is 0 Å². The van der Waals surface area contributed by atoms with Crippen LogP contribution in [0.1, 0.15) is 33.1 Å². The van der Waals surface area contributed by atoms with Gasteiger partial charge in [-0.1, -0.05) is 13.8 Å². The number of benzene rings is 1. The molecule has 2 N–H and O–H groups in total. The molecule has 1 aliphatic rings. The maximum absolute atomic E-state index is 13.8. The van der Waals surface area contributed by atoms with E-state index in [0.29, 0.717) is 25.9 Å². The van der Waals surface area contributed by atoms with Gasteiger partial charge in [0, 0.05) is 18.8 Å². The van der Waals surface area contributed by atoms with Crippen LogP contribution in [-0.2, 0) is 10.0 Å². The molecule has 1 aromatic rings. The summed E-state index contributed by atoms with van der Waals surface area (Å²) in [5, 5.41) is 0. The topological polar surface area (TPSA) is 63.4 Å². The largest absolute Gasteiger partial charge is 0.399 e. The maximum Gasteiger partial charge on any atom is 0.246 e. The second kappa shape index (κ2) is 5.53. The molecule has 0 spiro atoms. The normalized spacial score (nSPS) is 20.2. The Hall–Kier alpha value is -1.21. The summed E-state index contributed by atoms with van der Waals surface area (Å²) < 4.78 is 53.6. The average Bonchev–Trinajstić information content (AvgIpc) is 2.55. The van der Waals surface area contributed by atoms with Gasteiger partial charge in [-0.3, -0.25) is 0 Å². The molecule has 4 nitrogen and oxygen atoms in total. The zero-order valence-electron chi connectivity index (χ0n) is 12.2. The lowest BCUT2D eigenvalue weighted by molar-refractivity contribution is 0.314. The molecule has 1 aliphatic heterocycles. The first-order valence-corrected chi connectivity index (χ1v) is 8.32. The van der Waals surface area contributed by atoms with Gasteiger partial charge in [0.05, 0.1) is 0 Å². The van der Waals surface area contributed by atoms with Crippen molar-refractivity contribution in [2.45, 2.75) is 38.0 Å². The summed E-state index contributed by atoms with van der Waals surface area (Å²) in [5.41, 5.74) is 5.38. The van der Waals surface area contributed by atoms with Crippen LogP contribution in [0.2, 0.25) is 0 Å². The van der Waals surface area contributed by atoms with Crippen molar-refractivity contribution in [1.29, 1.82) is 0 Å². The van der Waals surface area contributed by atoms with Crippen LogP contribution in [0.4, 0.5) is 14.5 Å². The number of nitrogens with zero attached hydrogens (tertiary/aromatic N) is 1. The zero-order valence-corrected chi connectivity index (χ0v) is 13.0. The van der Waals surface area contributed by atoms with Crippen molar-refractivity contribution >= 4 is 15.7 Å². The lowest BCUT2D eigenvalue weighted by atomic mass is 9.85. The van der Waals surface area contributed by atoms with Gasteiger partial charge in [0.2, 0.25) is 10.0 Å². The molecule has 7 heteroatoms. The summed E-state index contributed by atoms with van der Waals surface area (Å²) in [5.74, 6) is -2.61. The summed E-state index contributed by atoms with van der Waals surface area (Å²) in [6.45, 7) is 4.75. The van der Waals surface area contributed by atoms with Crippen LogP contribution < -0.4 is 5.73 Å². The van der Waals surface area contributed by atoms with E-state index in [4.69, 9.17) is 5.73 Å². The molecular formula is C14H20F2N2O2S. The fraction of sp³-hybridized carbons (Fsp3) is 0.571. The minimum Gasteiger partial charge on any atom is -0.399 e. The number of halogens is 2. The molecule has 0 aliphatic carbocycles. The molecular weight excluding hydrogens is 298 g/mol. The molecule has 118 valence electrons. The molecule has 21 heavy (non-hydrogen) atoms. The quantitative estimate of drug-likeness (QED) is 0.853. The highest BCUT2D eigenvalue weighted by Gasteiger charge is 2.33.